The molecule has 0 aromatic heterocycles. The van der Waals surface area contributed by atoms with Gasteiger partial charge >= 0.3 is 7.12 Å². The van der Waals surface area contributed by atoms with Crippen LogP contribution in [0.15, 0.2) is 60.7 Å². The van der Waals surface area contributed by atoms with Gasteiger partial charge in [0.05, 0.1) is 11.2 Å². The van der Waals surface area contributed by atoms with E-state index in [1.54, 1.807) is 0 Å². The minimum absolute atomic E-state index is 0.368. The van der Waals surface area contributed by atoms with Gasteiger partial charge in [-0.15, -0.1) is 0 Å². The Balaban J connectivity index is 1.65. The lowest BCUT2D eigenvalue weighted by molar-refractivity contribution is 0.00578. The second kappa shape index (κ2) is 6.76. The van der Waals surface area contributed by atoms with Crippen molar-refractivity contribution in [3.63, 3.8) is 0 Å². The molecule has 0 spiro atoms. The van der Waals surface area contributed by atoms with E-state index in [9.17, 15) is 0 Å². The Labute approximate surface area is 166 Å². The Hall–Kier alpha value is -2.63. The minimum atomic E-state index is -0.398. The third-order valence-electron chi connectivity index (χ3n) is 5.81. The van der Waals surface area contributed by atoms with E-state index in [4.69, 9.17) is 14.7 Å². The first-order chi connectivity index (χ1) is 13.3. The van der Waals surface area contributed by atoms with Crippen molar-refractivity contribution in [2.45, 2.75) is 38.9 Å². The molecule has 5 heteroatoms. The summed E-state index contributed by atoms with van der Waals surface area (Å²) in [4.78, 5) is 0. The molecular formula is C23H25BN2O2. The van der Waals surface area contributed by atoms with Crippen molar-refractivity contribution < 1.29 is 9.31 Å². The highest BCUT2D eigenvalue weighted by molar-refractivity contribution is 6.62. The van der Waals surface area contributed by atoms with Gasteiger partial charge in [-0.3, -0.25) is 0 Å². The summed E-state index contributed by atoms with van der Waals surface area (Å²) < 4.78 is 12.3. The second-order valence-electron chi connectivity index (χ2n) is 8.23. The zero-order valence-electron chi connectivity index (χ0n) is 16.7. The molecule has 142 valence electrons. The van der Waals surface area contributed by atoms with Crippen molar-refractivity contribution in [1.82, 2.24) is 0 Å². The third kappa shape index (κ3) is 3.21. The van der Waals surface area contributed by atoms with Gasteiger partial charge in [-0.2, -0.15) is 0 Å². The standard InChI is InChI=1S/C23H25BN2O2/c1-22(2)23(3,4)28-24(27-22)17-9-7-10-18(14-17)26-21-13-12-16-8-5-6-11-19(16)20(21)15-25/h5-15,25-26H,1-4H3. The zero-order chi connectivity index (χ0) is 19.9. The quantitative estimate of drug-likeness (QED) is 0.507. The van der Waals surface area contributed by atoms with Crippen molar-refractivity contribution in [3.8, 4) is 0 Å². The monoisotopic (exact) mass is 372 g/mol. The topological polar surface area (TPSA) is 54.3 Å². The van der Waals surface area contributed by atoms with Gasteiger partial charge in [-0.25, -0.2) is 0 Å². The molecule has 1 heterocycles. The van der Waals surface area contributed by atoms with E-state index in [1.165, 1.54) is 6.21 Å². The average Bonchev–Trinajstić information content (AvgIpc) is 2.89. The molecule has 0 saturated carbocycles. The molecule has 3 aromatic carbocycles. The second-order valence-corrected chi connectivity index (χ2v) is 8.23. The van der Waals surface area contributed by atoms with Gasteiger partial charge in [0, 0.05) is 23.2 Å². The van der Waals surface area contributed by atoms with Crippen LogP contribution in [-0.2, 0) is 9.31 Å². The molecule has 0 radical (unpaired) electrons. The third-order valence-corrected chi connectivity index (χ3v) is 5.81. The van der Waals surface area contributed by atoms with E-state index >= 15 is 0 Å². The van der Waals surface area contributed by atoms with Crippen LogP contribution < -0.4 is 10.8 Å². The molecule has 1 aliphatic heterocycles. The fourth-order valence-corrected chi connectivity index (χ4v) is 3.46. The summed E-state index contributed by atoms with van der Waals surface area (Å²) >= 11 is 0. The van der Waals surface area contributed by atoms with Crippen molar-refractivity contribution >= 4 is 40.9 Å². The first-order valence-electron chi connectivity index (χ1n) is 9.56. The molecular weight excluding hydrogens is 347 g/mol. The highest BCUT2D eigenvalue weighted by Crippen LogP contribution is 2.36. The van der Waals surface area contributed by atoms with Crippen LogP contribution >= 0.6 is 0 Å². The molecule has 0 atom stereocenters. The molecule has 0 amide bonds. The van der Waals surface area contributed by atoms with Crippen molar-refractivity contribution in [3.05, 3.63) is 66.2 Å². The number of rotatable bonds is 4. The summed E-state index contributed by atoms with van der Waals surface area (Å²) in [5, 5.41) is 13.5. The molecule has 2 N–H and O–H groups in total. The smallest absolute Gasteiger partial charge is 0.399 e. The normalized spacial score (nSPS) is 17.6. The summed E-state index contributed by atoms with van der Waals surface area (Å²) in [6.07, 6.45) is 1.41. The van der Waals surface area contributed by atoms with E-state index in [1.807, 2.05) is 48.5 Å². The summed E-state index contributed by atoms with van der Waals surface area (Å²) in [6.45, 7) is 8.22. The maximum Gasteiger partial charge on any atom is 0.494 e. The molecule has 3 aromatic rings. The number of fused-ring (bicyclic) bond motifs is 1. The molecule has 28 heavy (non-hydrogen) atoms. The lowest BCUT2D eigenvalue weighted by atomic mass is 9.79. The van der Waals surface area contributed by atoms with Crippen LogP contribution in [0.25, 0.3) is 10.8 Å². The van der Waals surface area contributed by atoms with Crippen LogP contribution in [0.5, 0.6) is 0 Å². The zero-order valence-corrected chi connectivity index (χ0v) is 16.7. The van der Waals surface area contributed by atoms with Crippen molar-refractivity contribution in [2.75, 3.05) is 5.32 Å². The largest absolute Gasteiger partial charge is 0.494 e. The van der Waals surface area contributed by atoms with Gasteiger partial charge in [-0.1, -0.05) is 42.5 Å². The molecule has 1 aliphatic rings. The van der Waals surface area contributed by atoms with E-state index in [0.29, 0.717) is 0 Å². The van der Waals surface area contributed by atoms with Crippen molar-refractivity contribution in [2.24, 2.45) is 0 Å². The Morgan fingerprint density at radius 3 is 2.32 bits per heavy atom. The summed E-state index contributed by atoms with van der Waals surface area (Å²) in [5.41, 5.74) is 2.95. The predicted molar refractivity (Wildman–Crippen MR) is 117 cm³/mol. The SMILES string of the molecule is CC1(C)OB(c2cccc(Nc3ccc4ccccc4c3C=N)c2)OC1(C)C. The van der Waals surface area contributed by atoms with Crippen LogP contribution in [0.1, 0.15) is 33.3 Å². The van der Waals surface area contributed by atoms with E-state index in [2.05, 4.69) is 45.1 Å². The molecule has 0 bridgehead atoms. The lowest BCUT2D eigenvalue weighted by Gasteiger charge is -2.32. The molecule has 1 fully saturated rings. The van der Waals surface area contributed by atoms with Gasteiger partial charge < -0.3 is 20.0 Å². The number of anilines is 2. The number of benzene rings is 3. The maximum absolute atomic E-state index is 7.89. The first-order valence-corrected chi connectivity index (χ1v) is 9.56. The summed E-state index contributed by atoms with van der Waals surface area (Å²) in [7, 11) is -0.398. The molecule has 4 nitrogen and oxygen atoms in total. The average molecular weight is 372 g/mol. The highest BCUT2D eigenvalue weighted by atomic mass is 16.7. The van der Waals surface area contributed by atoms with Crippen LogP contribution in [-0.4, -0.2) is 24.5 Å². The van der Waals surface area contributed by atoms with Gasteiger partial charge in [-0.05, 0) is 62.1 Å². The lowest BCUT2D eigenvalue weighted by Crippen LogP contribution is -2.41. The van der Waals surface area contributed by atoms with Crippen molar-refractivity contribution in [1.29, 1.82) is 5.41 Å². The van der Waals surface area contributed by atoms with Crippen LogP contribution in [0.3, 0.4) is 0 Å². The van der Waals surface area contributed by atoms with Crippen LogP contribution in [0.2, 0.25) is 0 Å². The van der Waals surface area contributed by atoms with Crippen LogP contribution in [0, 0.1) is 5.41 Å². The summed E-state index contributed by atoms with van der Waals surface area (Å²) in [5.74, 6) is 0. The molecule has 1 saturated heterocycles. The first kappa shape index (κ1) is 18.7. The van der Waals surface area contributed by atoms with Gasteiger partial charge in [0.1, 0.15) is 0 Å². The molecule has 4 rings (SSSR count). The number of hydrogen-bond acceptors (Lipinski definition) is 4. The Kier molecular flexibility index (Phi) is 4.52. The van der Waals surface area contributed by atoms with Gasteiger partial charge in [0.2, 0.25) is 0 Å². The van der Waals surface area contributed by atoms with E-state index in [0.717, 1.165) is 33.2 Å². The summed E-state index contributed by atoms with van der Waals surface area (Å²) in [6, 6.07) is 20.3. The number of hydrogen-bond donors (Lipinski definition) is 2. The fourth-order valence-electron chi connectivity index (χ4n) is 3.46. The van der Waals surface area contributed by atoms with E-state index < -0.39 is 7.12 Å². The Morgan fingerprint density at radius 1 is 0.893 bits per heavy atom. The van der Waals surface area contributed by atoms with Gasteiger partial charge in [0.15, 0.2) is 0 Å². The molecule has 0 aliphatic carbocycles. The van der Waals surface area contributed by atoms with E-state index in [-0.39, 0.29) is 11.2 Å². The number of nitrogens with one attached hydrogen (secondary N) is 2. The van der Waals surface area contributed by atoms with Gasteiger partial charge in [0.25, 0.3) is 0 Å². The van der Waals surface area contributed by atoms with Crippen LogP contribution in [0.4, 0.5) is 11.4 Å². The predicted octanol–water partition coefficient (Wildman–Crippen LogP) is 4.88. The maximum atomic E-state index is 7.89. The molecule has 0 unspecified atom stereocenters. The fraction of sp³-hybridized carbons (Fsp3) is 0.261. The minimum Gasteiger partial charge on any atom is -0.399 e. The Bertz CT molecular complexity index is 1030. The Morgan fingerprint density at radius 2 is 1.61 bits per heavy atom. The highest BCUT2D eigenvalue weighted by Gasteiger charge is 2.51.